The summed E-state index contributed by atoms with van der Waals surface area (Å²) in [6.45, 7) is 0. The number of hydrogen-bond donors (Lipinski definition) is 2. The highest BCUT2D eigenvalue weighted by molar-refractivity contribution is 5.89. The van der Waals surface area contributed by atoms with E-state index in [9.17, 15) is 4.79 Å². The topological polar surface area (TPSA) is 53.6 Å². The van der Waals surface area contributed by atoms with Gasteiger partial charge in [0, 0.05) is 25.5 Å². The quantitative estimate of drug-likeness (QED) is 0.835. The molecule has 1 aliphatic rings. The summed E-state index contributed by atoms with van der Waals surface area (Å²) in [5.41, 5.74) is 2.99. The third kappa shape index (κ3) is 4.44. The van der Waals surface area contributed by atoms with E-state index >= 15 is 0 Å². The monoisotopic (exact) mass is 339 g/mol. The molecule has 0 bridgehead atoms. The van der Waals surface area contributed by atoms with E-state index in [2.05, 4.69) is 10.6 Å². The number of carbonyl (C=O) groups excluding carboxylic acids is 1. The Bertz CT molecular complexity index is 707. The number of carbonyl (C=O) groups is 1. The lowest BCUT2D eigenvalue weighted by Crippen LogP contribution is -2.33. The third-order valence-electron chi connectivity index (χ3n) is 4.50. The molecule has 1 saturated carbocycles. The minimum Gasteiger partial charge on any atom is -0.497 e. The molecule has 2 N–H and O–H groups in total. The smallest absolute Gasteiger partial charge is 0.319 e. The van der Waals surface area contributed by atoms with Crippen molar-refractivity contribution in [3.8, 4) is 5.75 Å². The molecule has 0 heterocycles. The molecule has 1 atom stereocenters. The number of anilines is 2. The minimum absolute atomic E-state index is 0.0342. The Labute approximate surface area is 149 Å². The molecule has 5 nitrogen and oxygen atoms in total. The van der Waals surface area contributed by atoms with E-state index in [1.165, 1.54) is 0 Å². The second kappa shape index (κ2) is 7.47. The Morgan fingerprint density at radius 2 is 1.72 bits per heavy atom. The van der Waals surface area contributed by atoms with Gasteiger partial charge >= 0.3 is 6.03 Å². The number of hydrogen-bond acceptors (Lipinski definition) is 3. The van der Waals surface area contributed by atoms with Crippen molar-refractivity contribution in [3.05, 3.63) is 54.1 Å². The van der Waals surface area contributed by atoms with Crippen LogP contribution in [0, 0.1) is 5.92 Å². The van der Waals surface area contributed by atoms with Crippen LogP contribution in [0.15, 0.2) is 48.5 Å². The van der Waals surface area contributed by atoms with Crippen molar-refractivity contribution in [1.29, 1.82) is 0 Å². The van der Waals surface area contributed by atoms with Crippen LogP contribution in [-0.4, -0.2) is 27.2 Å². The number of rotatable bonds is 6. The van der Waals surface area contributed by atoms with E-state index in [-0.39, 0.29) is 12.1 Å². The first-order valence-electron chi connectivity index (χ1n) is 8.55. The number of amides is 2. The van der Waals surface area contributed by atoms with E-state index in [0.29, 0.717) is 5.92 Å². The molecule has 5 heteroatoms. The van der Waals surface area contributed by atoms with Gasteiger partial charge in [0.15, 0.2) is 0 Å². The van der Waals surface area contributed by atoms with Crippen LogP contribution >= 0.6 is 0 Å². The lowest BCUT2D eigenvalue weighted by Gasteiger charge is -2.20. The Hall–Kier alpha value is -2.69. The molecular weight excluding hydrogens is 314 g/mol. The fourth-order valence-electron chi connectivity index (χ4n) is 2.87. The largest absolute Gasteiger partial charge is 0.497 e. The minimum atomic E-state index is -0.176. The highest BCUT2D eigenvalue weighted by Gasteiger charge is 2.33. The second-order valence-electron chi connectivity index (χ2n) is 6.63. The van der Waals surface area contributed by atoms with Crippen molar-refractivity contribution in [2.24, 2.45) is 5.92 Å². The molecular formula is C20H25N3O2. The Morgan fingerprint density at radius 1 is 1.08 bits per heavy atom. The van der Waals surface area contributed by atoms with Crippen LogP contribution in [-0.2, 0) is 0 Å². The molecule has 0 spiro atoms. The number of methoxy groups -OCH3 is 1. The number of benzene rings is 2. The lowest BCUT2D eigenvalue weighted by atomic mass is 10.0. The lowest BCUT2D eigenvalue weighted by molar-refractivity contribution is 0.247. The molecule has 25 heavy (non-hydrogen) atoms. The van der Waals surface area contributed by atoms with E-state index in [0.717, 1.165) is 35.5 Å². The van der Waals surface area contributed by atoms with E-state index in [4.69, 9.17) is 4.74 Å². The zero-order chi connectivity index (χ0) is 17.8. The molecule has 0 radical (unpaired) electrons. The maximum atomic E-state index is 12.4. The van der Waals surface area contributed by atoms with E-state index < -0.39 is 0 Å². The molecule has 0 unspecified atom stereocenters. The molecule has 2 aromatic carbocycles. The molecule has 1 aliphatic carbocycles. The third-order valence-corrected chi connectivity index (χ3v) is 4.50. The number of nitrogens with zero attached hydrogens (tertiary/aromatic N) is 1. The van der Waals surface area contributed by atoms with Crippen LogP contribution in [0.3, 0.4) is 0 Å². The summed E-state index contributed by atoms with van der Waals surface area (Å²) >= 11 is 0. The average molecular weight is 339 g/mol. The summed E-state index contributed by atoms with van der Waals surface area (Å²) in [5, 5.41) is 6.04. The molecule has 1 fully saturated rings. The number of ether oxygens (including phenoxy) is 1. The Morgan fingerprint density at radius 3 is 2.24 bits per heavy atom. The van der Waals surface area contributed by atoms with Gasteiger partial charge in [-0.05, 0) is 60.7 Å². The van der Waals surface area contributed by atoms with Crippen LogP contribution in [0.25, 0.3) is 0 Å². The highest BCUT2D eigenvalue weighted by Crippen LogP contribution is 2.41. The molecule has 2 amide bonds. The molecule has 2 aromatic rings. The molecule has 0 aliphatic heterocycles. The molecule has 3 rings (SSSR count). The second-order valence-corrected chi connectivity index (χ2v) is 6.63. The van der Waals surface area contributed by atoms with E-state index in [1.54, 1.807) is 7.11 Å². The van der Waals surface area contributed by atoms with Gasteiger partial charge in [-0.2, -0.15) is 0 Å². The van der Waals surface area contributed by atoms with Gasteiger partial charge in [0.25, 0.3) is 0 Å². The number of nitrogens with one attached hydrogen (secondary N) is 2. The standard InChI is InChI=1S/C20H25N3O2/c1-23(2)17-10-8-16(9-11-17)21-20(24)22-19(14-4-5-14)15-6-12-18(25-3)13-7-15/h6-14,19H,4-5H2,1-3H3,(H2,21,22,24)/t19-/m0/s1. The van der Waals surface area contributed by atoms with Crippen LogP contribution in [0.5, 0.6) is 5.75 Å². The first kappa shape index (κ1) is 17.1. The average Bonchev–Trinajstić information content (AvgIpc) is 3.45. The predicted octanol–water partition coefficient (Wildman–Crippen LogP) is 4.03. The van der Waals surface area contributed by atoms with Gasteiger partial charge in [0.05, 0.1) is 13.2 Å². The summed E-state index contributed by atoms with van der Waals surface area (Å²) in [7, 11) is 5.63. The fraction of sp³-hybridized carbons (Fsp3) is 0.350. The highest BCUT2D eigenvalue weighted by atomic mass is 16.5. The first-order chi connectivity index (χ1) is 12.1. The summed E-state index contributed by atoms with van der Waals surface area (Å²) in [4.78, 5) is 14.4. The Balaban J connectivity index is 1.64. The van der Waals surface area contributed by atoms with Crippen molar-refractivity contribution >= 4 is 17.4 Å². The summed E-state index contributed by atoms with van der Waals surface area (Å²) in [5.74, 6) is 1.33. The van der Waals surface area contributed by atoms with Crippen molar-refractivity contribution in [3.63, 3.8) is 0 Å². The Kier molecular flexibility index (Phi) is 5.12. The summed E-state index contributed by atoms with van der Waals surface area (Å²) < 4.78 is 5.21. The van der Waals surface area contributed by atoms with Crippen LogP contribution in [0.4, 0.5) is 16.2 Å². The van der Waals surface area contributed by atoms with Crippen LogP contribution < -0.4 is 20.3 Å². The molecule has 132 valence electrons. The first-order valence-corrected chi connectivity index (χ1v) is 8.55. The van der Waals surface area contributed by atoms with Gasteiger partial charge in [-0.3, -0.25) is 0 Å². The zero-order valence-corrected chi connectivity index (χ0v) is 15.0. The van der Waals surface area contributed by atoms with Gasteiger partial charge in [-0.1, -0.05) is 12.1 Å². The zero-order valence-electron chi connectivity index (χ0n) is 15.0. The van der Waals surface area contributed by atoms with Gasteiger partial charge in [-0.25, -0.2) is 4.79 Å². The SMILES string of the molecule is COc1ccc([C@@H](NC(=O)Nc2ccc(N(C)C)cc2)C2CC2)cc1. The normalized spacial score (nSPS) is 14.5. The molecule has 0 saturated heterocycles. The summed E-state index contributed by atoms with van der Waals surface area (Å²) in [6.07, 6.45) is 2.29. The molecule has 0 aromatic heterocycles. The summed E-state index contributed by atoms with van der Waals surface area (Å²) in [6, 6.07) is 15.6. The van der Waals surface area contributed by atoms with Crippen molar-refractivity contribution in [2.45, 2.75) is 18.9 Å². The van der Waals surface area contributed by atoms with Crippen molar-refractivity contribution in [2.75, 3.05) is 31.4 Å². The fourth-order valence-corrected chi connectivity index (χ4v) is 2.87. The van der Waals surface area contributed by atoms with E-state index in [1.807, 2.05) is 67.5 Å². The maximum absolute atomic E-state index is 12.4. The van der Waals surface area contributed by atoms with Crippen molar-refractivity contribution < 1.29 is 9.53 Å². The van der Waals surface area contributed by atoms with Gasteiger partial charge in [-0.15, -0.1) is 0 Å². The van der Waals surface area contributed by atoms with Crippen molar-refractivity contribution in [1.82, 2.24) is 5.32 Å². The predicted molar refractivity (Wildman–Crippen MR) is 101 cm³/mol. The van der Waals surface area contributed by atoms with Crippen LogP contribution in [0.1, 0.15) is 24.4 Å². The van der Waals surface area contributed by atoms with Crippen LogP contribution in [0.2, 0.25) is 0 Å². The number of urea groups is 1. The van der Waals surface area contributed by atoms with Gasteiger partial charge in [0.1, 0.15) is 5.75 Å². The maximum Gasteiger partial charge on any atom is 0.319 e. The van der Waals surface area contributed by atoms with Gasteiger partial charge < -0.3 is 20.3 Å². The van der Waals surface area contributed by atoms with Gasteiger partial charge in [0.2, 0.25) is 0 Å².